The van der Waals surface area contributed by atoms with Gasteiger partial charge in [0.25, 0.3) is 0 Å². The van der Waals surface area contributed by atoms with Crippen LogP contribution in [0.2, 0.25) is 5.15 Å². The standard InChI is InChI=1S/C13H13ClN4/c14-12-10-7-18(6-9-4-2-1-3-5-9)8-11(10)16-13(15)17-12/h1-5H,6-8H2,(H2,15,16,17). The number of fused-ring (bicyclic) bond motifs is 1. The summed E-state index contributed by atoms with van der Waals surface area (Å²) >= 11 is 6.09. The fraction of sp³-hybridized carbons (Fsp3) is 0.231. The Hall–Kier alpha value is -1.65. The number of nitrogens with two attached hydrogens (primary N) is 1. The maximum Gasteiger partial charge on any atom is 0.221 e. The van der Waals surface area contributed by atoms with E-state index in [4.69, 9.17) is 17.3 Å². The summed E-state index contributed by atoms with van der Waals surface area (Å²) in [5, 5.41) is 0.480. The zero-order chi connectivity index (χ0) is 12.5. The van der Waals surface area contributed by atoms with E-state index in [0.29, 0.717) is 5.15 Å². The molecule has 0 unspecified atom stereocenters. The molecule has 1 aromatic heterocycles. The molecule has 0 aliphatic carbocycles. The highest BCUT2D eigenvalue weighted by Crippen LogP contribution is 2.28. The van der Waals surface area contributed by atoms with Crippen molar-refractivity contribution in [2.24, 2.45) is 0 Å². The molecule has 0 radical (unpaired) electrons. The van der Waals surface area contributed by atoms with E-state index in [2.05, 4.69) is 27.0 Å². The molecule has 0 saturated carbocycles. The molecule has 92 valence electrons. The first kappa shape index (κ1) is 11.4. The number of anilines is 1. The third-order valence-electron chi connectivity index (χ3n) is 3.06. The molecule has 0 bridgehead atoms. The number of hydrogen-bond donors (Lipinski definition) is 1. The van der Waals surface area contributed by atoms with Crippen molar-refractivity contribution in [2.45, 2.75) is 19.6 Å². The van der Waals surface area contributed by atoms with Crippen LogP contribution in [0.3, 0.4) is 0 Å². The van der Waals surface area contributed by atoms with Crippen molar-refractivity contribution in [1.29, 1.82) is 0 Å². The van der Waals surface area contributed by atoms with Crippen molar-refractivity contribution in [3.05, 3.63) is 52.3 Å². The van der Waals surface area contributed by atoms with E-state index in [0.717, 1.165) is 30.9 Å². The van der Waals surface area contributed by atoms with Gasteiger partial charge in [-0.15, -0.1) is 0 Å². The zero-order valence-corrected chi connectivity index (χ0v) is 10.6. The van der Waals surface area contributed by atoms with Gasteiger partial charge in [0.05, 0.1) is 5.69 Å². The maximum atomic E-state index is 6.09. The lowest BCUT2D eigenvalue weighted by Gasteiger charge is -2.14. The molecule has 2 heterocycles. The van der Waals surface area contributed by atoms with Gasteiger partial charge in [0, 0.05) is 25.2 Å². The van der Waals surface area contributed by atoms with E-state index < -0.39 is 0 Å². The molecule has 0 amide bonds. The Labute approximate surface area is 110 Å². The van der Waals surface area contributed by atoms with Crippen LogP contribution < -0.4 is 5.73 Å². The van der Waals surface area contributed by atoms with E-state index in [1.807, 2.05) is 18.2 Å². The molecule has 1 aliphatic heterocycles. The second-order valence-electron chi connectivity index (χ2n) is 4.43. The van der Waals surface area contributed by atoms with Crippen LogP contribution in [0, 0.1) is 0 Å². The molecule has 0 spiro atoms. The van der Waals surface area contributed by atoms with Gasteiger partial charge in [-0.3, -0.25) is 4.90 Å². The minimum absolute atomic E-state index is 0.250. The summed E-state index contributed by atoms with van der Waals surface area (Å²) in [5.41, 5.74) is 8.83. The van der Waals surface area contributed by atoms with E-state index in [1.54, 1.807) is 0 Å². The van der Waals surface area contributed by atoms with E-state index in [1.165, 1.54) is 5.56 Å². The lowest BCUT2D eigenvalue weighted by Crippen LogP contribution is -2.15. The third kappa shape index (κ3) is 2.17. The first-order valence-electron chi connectivity index (χ1n) is 5.79. The average Bonchev–Trinajstić information content (AvgIpc) is 2.73. The molecule has 2 aromatic rings. The second-order valence-corrected chi connectivity index (χ2v) is 4.79. The molecular formula is C13H13ClN4. The molecule has 4 nitrogen and oxygen atoms in total. The number of hydrogen-bond acceptors (Lipinski definition) is 4. The highest BCUT2D eigenvalue weighted by molar-refractivity contribution is 6.30. The Morgan fingerprint density at radius 1 is 1.17 bits per heavy atom. The van der Waals surface area contributed by atoms with Gasteiger partial charge >= 0.3 is 0 Å². The van der Waals surface area contributed by atoms with Crippen LogP contribution >= 0.6 is 11.6 Å². The van der Waals surface area contributed by atoms with Gasteiger partial charge < -0.3 is 5.73 Å². The summed E-state index contributed by atoms with van der Waals surface area (Å²) in [5.74, 6) is 0.250. The minimum Gasteiger partial charge on any atom is -0.368 e. The predicted molar refractivity (Wildman–Crippen MR) is 70.8 cm³/mol. The zero-order valence-electron chi connectivity index (χ0n) is 9.81. The van der Waals surface area contributed by atoms with Crippen LogP contribution in [0.25, 0.3) is 0 Å². The SMILES string of the molecule is Nc1nc(Cl)c2c(n1)CN(Cc1ccccc1)C2. The Bertz CT molecular complexity index is 571. The summed E-state index contributed by atoms with van der Waals surface area (Å²) in [6.45, 7) is 2.44. The van der Waals surface area contributed by atoms with Gasteiger partial charge in [0.2, 0.25) is 5.95 Å². The van der Waals surface area contributed by atoms with Crippen LogP contribution in [0.15, 0.2) is 30.3 Å². The van der Waals surface area contributed by atoms with Crippen LogP contribution in [-0.2, 0) is 19.6 Å². The molecule has 0 fully saturated rings. The third-order valence-corrected chi connectivity index (χ3v) is 3.38. The largest absolute Gasteiger partial charge is 0.368 e. The molecule has 1 aliphatic rings. The van der Waals surface area contributed by atoms with Crippen molar-refractivity contribution in [3.63, 3.8) is 0 Å². The van der Waals surface area contributed by atoms with Crippen molar-refractivity contribution in [2.75, 3.05) is 5.73 Å². The van der Waals surface area contributed by atoms with Crippen molar-refractivity contribution < 1.29 is 0 Å². The van der Waals surface area contributed by atoms with Gasteiger partial charge in [0.1, 0.15) is 5.15 Å². The lowest BCUT2D eigenvalue weighted by molar-refractivity contribution is 0.274. The fourth-order valence-electron chi connectivity index (χ4n) is 2.25. The fourth-order valence-corrected chi connectivity index (χ4v) is 2.51. The maximum absolute atomic E-state index is 6.09. The van der Waals surface area contributed by atoms with Crippen molar-refractivity contribution >= 4 is 17.5 Å². The van der Waals surface area contributed by atoms with Gasteiger partial charge in [-0.05, 0) is 5.56 Å². The Balaban J connectivity index is 1.79. The van der Waals surface area contributed by atoms with Crippen molar-refractivity contribution in [1.82, 2.24) is 14.9 Å². The minimum atomic E-state index is 0.250. The Kier molecular flexibility index (Phi) is 2.89. The van der Waals surface area contributed by atoms with Gasteiger partial charge in [-0.1, -0.05) is 41.9 Å². The smallest absolute Gasteiger partial charge is 0.221 e. The molecule has 0 saturated heterocycles. The molecule has 3 rings (SSSR count). The molecule has 18 heavy (non-hydrogen) atoms. The number of benzene rings is 1. The van der Waals surface area contributed by atoms with E-state index >= 15 is 0 Å². The topological polar surface area (TPSA) is 55.0 Å². The Morgan fingerprint density at radius 3 is 2.72 bits per heavy atom. The summed E-state index contributed by atoms with van der Waals surface area (Å²) < 4.78 is 0. The number of nitrogens with zero attached hydrogens (tertiary/aromatic N) is 3. The highest BCUT2D eigenvalue weighted by atomic mass is 35.5. The average molecular weight is 261 g/mol. The van der Waals surface area contributed by atoms with Crippen LogP contribution in [-0.4, -0.2) is 14.9 Å². The normalized spacial score (nSPS) is 14.7. The first-order valence-corrected chi connectivity index (χ1v) is 6.17. The predicted octanol–water partition coefficient (Wildman–Crippen LogP) is 2.23. The first-order chi connectivity index (χ1) is 8.72. The summed E-state index contributed by atoms with van der Waals surface area (Å²) in [7, 11) is 0. The van der Waals surface area contributed by atoms with Gasteiger partial charge in [-0.2, -0.15) is 0 Å². The number of nitrogen functional groups attached to an aromatic ring is 1. The second kappa shape index (κ2) is 4.55. The Morgan fingerprint density at radius 2 is 1.94 bits per heavy atom. The summed E-state index contributed by atoms with van der Waals surface area (Å²) in [6.07, 6.45) is 0. The lowest BCUT2D eigenvalue weighted by atomic mass is 10.2. The number of rotatable bonds is 2. The number of halogens is 1. The molecule has 1 aromatic carbocycles. The van der Waals surface area contributed by atoms with Crippen LogP contribution in [0.4, 0.5) is 5.95 Å². The molecular weight excluding hydrogens is 248 g/mol. The summed E-state index contributed by atoms with van der Waals surface area (Å²) in [6, 6.07) is 10.3. The van der Waals surface area contributed by atoms with Crippen LogP contribution in [0.1, 0.15) is 16.8 Å². The molecule has 5 heteroatoms. The summed E-state index contributed by atoms with van der Waals surface area (Å²) in [4.78, 5) is 10.5. The van der Waals surface area contributed by atoms with Gasteiger partial charge in [0.15, 0.2) is 0 Å². The van der Waals surface area contributed by atoms with E-state index in [9.17, 15) is 0 Å². The quantitative estimate of drug-likeness (QED) is 0.842. The van der Waals surface area contributed by atoms with Crippen LogP contribution in [0.5, 0.6) is 0 Å². The molecule has 0 atom stereocenters. The number of aromatic nitrogens is 2. The highest BCUT2D eigenvalue weighted by Gasteiger charge is 2.24. The van der Waals surface area contributed by atoms with Gasteiger partial charge in [-0.25, -0.2) is 9.97 Å². The van der Waals surface area contributed by atoms with Crippen molar-refractivity contribution in [3.8, 4) is 0 Å². The molecule has 2 N–H and O–H groups in total. The van der Waals surface area contributed by atoms with E-state index in [-0.39, 0.29) is 5.95 Å². The monoisotopic (exact) mass is 260 g/mol.